The average molecular weight is 271 g/mol. The number of nitrogens with one attached hydrogen (secondary N) is 1. The van der Waals surface area contributed by atoms with Gasteiger partial charge in [-0.05, 0) is 37.5 Å². The summed E-state index contributed by atoms with van der Waals surface area (Å²) in [5.74, 6) is 0.125. The molecule has 2 saturated carbocycles. The number of methoxy groups -OCH3 is 1. The summed E-state index contributed by atoms with van der Waals surface area (Å²) in [6, 6.07) is 0.152. The Morgan fingerprint density at radius 2 is 2.05 bits per heavy atom. The van der Waals surface area contributed by atoms with Gasteiger partial charge in [-0.25, -0.2) is 0 Å². The Morgan fingerprint density at radius 1 is 1.26 bits per heavy atom. The Balaban J connectivity index is 1.63. The van der Waals surface area contributed by atoms with Gasteiger partial charge in [-0.3, -0.25) is 4.79 Å². The van der Waals surface area contributed by atoms with E-state index in [9.17, 15) is 9.90 Å². The van der Waals surface area contributed by atoms with Crippen LogP contribution in [0.4, 0.5) is 0 Å². The van der Waals surface area contributed by atoms with E-state index in [1.165, 1.54) is 6.42 Å². The van der Waals surface area contributed by atoms with Crippen LogP contribution < -0.4 is 5.32 Å². The van der Waals surface area contributed by atoms with Gasteiger partial charge in [0, 0.05) is 32.9 Å². The maximum absolute atomic E-state index is 11.3. The summed E-state index contributed by atoms with van der Waals surface area (Å²) < 4.78 is 10.4. The molecule has 4 atom stereocenters. The van der Waals surface area contributed by atoms with Gasteiger partial charge in [0.25, 0.3) is 0 Å². The van der Waals surface area contributed by atoms with Gasteiger partial charge in [0.1, 0.15) is 0 Å². The molecule has 0 heterocycles. The standard InChI is InChI=1S/C14H25NO4/c1-18-6-2-7-19-8-5-15-13-11-4-3-10(9-11)12(13)14(16)17/h10-13,15H,2-9H2,1H3,(H,16,17). The molecule has 2 bridgehead atoms. The highest BCUT2D eigenvalue weighted by atomic mass is 16.5. The summed E-state index contributed by atoms with van der Waals surface area (Å²) in [6.45, 7) is 2.81. The van der Waals surface area contributed by atoms with Crippen LogP contribution in [0.2, 0.25) is 0 Å². The van der Waals surface area contributed by atoms with Crippen LogP contribution in [0.25, 0.3) is 0 Å². The van der Waals surface area contributed by atoms with Crippen molar-refractivity contribution in [1.82, 2.24) is 5.32 Å². The van der Waals surface area contributed by atoms with Gasteiger partial charge in [-0.1, -0.05) is 0 Å². The predicted molar refractivity (Wildman–Crippen MR) is 71.1 cm³/mol. The molecular weight excluding hydrogens is 246 g/mol. The number of fused-ring (bicyclic) bond motifs is 2. The normalized spacial score (nSPS) is 32.9. The molecule has 2 fully saturated rings. The first-order valence-corrected chi connectivity index (χ1v) is 7.27. The quantitative estimate of drug-likeness (QED) is 0.615. The Kier molecular flexibility index (Phi) is 5.60. The molecule has 2 rings (SSSR count). The SMILES string of the molecule is COCCCOCCNC1C2CCC(C2)C1C(=O)O. The van der Waals surface area contributed by atoms with Crippen molar-refractivity contribution in [3.8, 4) is 0 Å². The Labute approximate surface area is 114 Å². The number of hydrogen-bond donors (Lipinski definition) is 2. The highest BCUT2D eigenvalue weighted by Gasteiger charge is 2.50. The van der Waals surface area contributed by atoms with Gasteiger partial charge >= 0.3 is 5.97 Å². The van der Waals surface area contributed by atoms with Crippen molar-refractivity contribution in [2.45, 2.75) is 31.7 Å². The largest absolute Gasteiger partial charge is 0.481 e. The van der Waals surface area contributed by atoms with Gasteiger partial charge in [-0.15, -0.1) is 0 Å². The maximum atomic E-state index is 11.3. The summed E-state index contributed by atoms with van der Waals surface area (Å²) in [5.41, 5.74) is 0. The minimum Gasteiger partial charge on any atom is -0.481 e. The van der Waals surface area contributed by atoms with Crippen LogP contribution in [0.5, 0.6) is 0 Å². The topological polar surface area (TPSA) is 67.8 Å². The lowest BCUT2D eigenvalue weighted by Crippen LogP contribution is -2.45. The molecule has 0 aromatic rings. The second-order valence-electron chi connectivity index (χ2n) is 5.64. The zero-order valence-electron chi connectivity index (χ0n) is 11.6. The molecule has 0 spiro atoms. The zero-order valence-corrected chi connectivity index (χ0v) is 11.6. The molecule has 5 nitrogen and oxygen atoms in total. The van der Waals surface area contributed by atoms with Crippen LogP contribution in [0.1, 0.15) is 25.7 Å². The minimum atomic E-state index is -0.634. The third kappa shape index (κ3) is 3.68. The Morgan fingerprint density at radius 3 is 2.79 bits per heavy atom. The van der Waals surface area contributed by atoms with Crippen LogP contribution >= 0.6 is 0 Å². The van der Waals surface area contributed by atoms with E-state index in [1.54, 1.807) is 7.11 Å². The number of hydrogen-bond acceptors (Lipinski definition) is 4. The number of ether oxygens (including phenoxy) is 2. The van der Waals surface area contributed by atoms with Crippen molar-refractivity contribution in [3.63, 3.8) is 0 Å². The zero-order chi connectivity index (χ0) is 13.7. The van der Waals surface area contributed by atoms with Gasteiger partial charge < -0.3 is 19.9 Å². The van der Waals surface area contributed by atoms with Crippen LogP contribution in [0.15, 0.2) is 0 Å². The highest BCUT2D eigenvalue weighted by molar-refractivity contribution is 5.72. The van der Waals surface area contributed by atoms with E-state index in [2.05, 4.69) is 5.32 Å². The number of carboxylic acid groups (broad SMARTS) is 1. The van der Waals surface area contributed by atoms with Crippen LogP contribution in [-0.4, -0.2) is 50.6 Å². The average Bonchev–Trinajstić information content (AvgIpc) is 2.98. The third-order valence-corrected chi connectivity index (χ3v) is 4.47. The smallest absolute Gasteiger partial charge is 0.308 e. The predicted octanol–water partition coefficient (Wildman–Crippen LogP) is 1.13. The van der Waals surface area contributed by atoms with Crippen molar-refractivity contribution in [2.75, 3.05) is 33.5 Å². The molecular formula is C14H25NO4. The molecule has 110 valence electrons. The van der Waals surface area contributed by atoms with Gasteiger partial charge in [0.05, 0.1) is 12.5 Å². The molecule has 4 unspecified atom stereocenters. The molecule has 0 aromatic carbocycles. The van der Waals surface area contributed by atoms with Crippen molar-refractivity contribution >= 4 is 5.97 Å². The number of carboxylic acids is 1. The van der Waals surface area contributed by atoms with Crippen molar-refractivity contribution in [2.24, 2.45) is 17.8 Å². The molecule has 0 radical (unpaired) electrons. The van der Waals surface area contributed by atoms with E-state index >= 15 is 0 Å². The monoisotopic (exact) mass is 271 g/mol. The Hall–Kier alpha value is -0.650. The second-order valence-corrected chi connectivity index (χ2v) is 5.64. The molecule has 0 aliphatic heterocycles. The van der Waals surface area contributed by atoms with Crippen molar-refractivity contribution < 1.29 is 19.4 Å². The van der Waals surface area contributed by atoms with Gasteiger partial charge in [0.15, 0.2) is 0 Å². The first-order chi connectivity index (χ1) is 9.24. The molecule has 2 aliphatic rings. The van der Waals surface area contributed by atoms with E-state index in [-0.39, 0.29) is 12.0 Å². The molecule has 0 saturated heterocycles. The van der Waals surface area contributed by atoms with Gasteiger partial charge in [0.2, 0.25) is 0 Å². The fraction of sp³-hybridized carbons (Fsp3) is 0.929. The summed E-state index contributed by atoms with van der Waals surface area (Å²) in [4.78, 5) is 11.3. The molecule has 5 heteroatoms. The van der Waals surface area contributed by atoms with E-state index in [0.29, 0.717) is 25.0 Å². The molecule has 0 amide bonds. The maximum Gasteiger partial charge on any atom is 0.308 e. The fourth-order valence-corrected chi connectivity index (χ4v) is 3.65. The number of aliphatic carboxylic acids is 1. The molecule has 2 N–H and O–H groups in total. The van der Waals surface area contributed by atoms with Crippen LogP contribution in [0, 0.1) is 17.8 Å². The Bertz CT molecular complexity index is 297. The van der Waals surface area contributed by atoms with E-state index in [1.807, 2.05) is 0 Å². The lowest BCUT2D eigenvalue weighted by molar-refractivity contribution is -0.144. The summed E-state index contributed by atoms with van der Waals surface area (Å²) in [5, 5.41) is 12.7. The molecule has 0 aromatic heterocycles. The second kappa shape index (κ2) is 7.22. The van der Waals surface area contributed by atoms with Crippen molar-refractivity contribution in [3.05, 3.63) is 0 Å². The fourth-order valence-electron chi connectivity index (χ4n) is 3.65. The lowest BCUT2D eigenvalue weighted by Gasteiger charge is -2.29. The first-order valence-electron chi connectivity index (χ1n) is 7.27. The molecule has 19 heavy (non-hydrogen) atoms. The summed E-state index contributed by atoms with van der Waals surface area (Å²) in [6.07, 6.45) is 4.26. The first kappa shape index (κ1) is 14.8. The minimum absolute atomic E-state index is 0.152. The summed E-state index contributed by atoms with van der Waals surface area (Å²) >= 11 is 0. The van der Waals surface area contributed by atoms with E-state index in [0.717, 1.165) is 32.4 Å². The highest BCUT2D eigenvalue weighted by Crippen LogP contribution is 2.48. The van der Waals surface area contributed by atoms with Gasteiger partial charge in [-0.2, -0.15) is 0 Å². The van der Waals surface area contributed by atoms with E-state index < -0.39 is 5.97 Å². The van der Waals surface area contributed by atoms with E-state index in [4.69, 9.17) is 9.47 Å². The molecule has 2 aliphatic carbocycles. The van der Waals surface area contributed by atoms with Crippen molar-refractivity contribution in [1.29, 1.82) is 0 Å². The summed E-state index contributed by atoms with van der Waals surface area (Å²) in [7, 11) is 1.68. The lowest BCUT2D eigenvalue weighted by atomic mass is 9.84. The van der Waals surface area contributed by atoms with Crippen LogP contribution in [0.3, 0.4) is 0 Å². The third-order valence-electron chi connectivity index (χ3n) is 4.47. The number of carbonyl (C=O) groups is 1. The van der Waals surface area contributed by atoms with Crippen LogP contribution in [-0.2, 0) is 14.3 Å². The number of rotatable bonds is 9.